The molecule has 0 heterocycles. The molecule has 0 aliphatic heterocycles. The Morgan fingerprint density at radius 2 is 2.14 bits per heavy atom. The molecular weight excluding hydrogens is 266 g/mol. The van der Waals surface area contributed by atoms with Crippen LogP contribution in [0.25, 0.3) is 0 Å². The Hall–Kier alpha value is -1.62. The number of hydrogen-bond donors (Lipinski definition) is 3. The van der Waals surface area contributed by atoms with E-state index in [2.05, 4.69) is 10.6 Å². The zero-order valence-corrected chi connectivity index (χ0v) is 12.4. The molecule has 5 nitrogen and oxygen atoms in total. The maximum Gasteiger partial charge on any atom is 0.119 e. The van der Waals surface area contributed by atoms with E-state index in [1.807, 2.05) is 24.3 Å². The van der Waals surface area contributed by atoms with Crippen LogP contribution in [0.4, 0.5) is 0 Å². The van der Waals surface area contributed by atoms with Crippen LogP contribution in [-0.2, 0) is 0 Å². The standard InChI is InChI=1S/C16H25N3O2/c17-19-18-10-9-16(20)14-7-4-8-15(11-14)21-12-13-5-2-1-3-6-13/h4,7-8,11,13,16,20H,1-3,5-6,9-10,12H2,(H2,17,18). The van der Waals surface area contributed by atoms with Gasteiger partial charge in [-0.2, -0.15) is 5.53 Å². The highest BCUT2D eigenvalue weighted by Gasteiger charge is 2.14. The molecule has 1 atom stereocenters. The minimum absolute atomic E-state index is 0.484. The van der Waals surface area contributed by atoms with Gasteiger partial charge in [0.25, 0.3) is 0 Å². The van der Waals surface area contributed by atoms with Crippen molar-refractivity contribution in [3.05, 3.63) is 29.8 Å². The first kappa shape index (κ1) is 15.8. The number of benzene rings is 1. The van der Waals surface area contributed by atoms with E-state index in [0.29, 0.717) is 18.9 Å². The van der Waals surface area contributed by atoms with E-state index in [9.17, 15) is 5.11 Å². The third-order valence-corrected chi connectivity index (χ3v) is 4.06. The van der Waals surface area contributed by atoms with Crippen molar-refractivity contribution < 1.29 is 9.84 Å². The summed E-state index contributed by atoms with van der Waals surface area (Å²) in [6.07, 6.45) is 6.50. The SMILES string of the molecule is N=NNCCC(O)c1cccc(OCC2CCCCC2)c1. The van der Waals surface area contributed by atoms with E-state index in [-0.39, 0.29) is 0 Å². The smallest absolute Gasteiger partial charge is 0.119 e. The topological polar surface area (TPSA) is 77.7 Å². The molecule has 3 N–H and O–H groups in total. The minimum Gasteiger partial charge on any atom is -0.493 e. The van der Waals surface area contributed by atoms with Gasteiger partial charge in [-0.25, -0.2) is 0 Å². The molecule has 1 unspecified atom stereocenters. The number of rotatable bonds is 8. The number of hydrogen-bond acceptors (Lipinski definition) is 4. The van der Waals surface area contributed by atoms with E-state index < -0.39 is 6.10 Å². The molecule has 1 saturated carbocycles. The van der Waals surface area contributed by atoms with E-state index in [1.165, 1.54) is 32.1 Å². The molecule has 0 saturated heterocycles. The maximum atomic E-state index is 10.1. The fourth-order valence-electron chi connectivity index (χ4n) is 2.80. The normalized spacial score (nSPS) is 17.2. The first-order valence-electron chi connectivity index (χ1n) is 7.79. The van der Waals surface area contributed by atoms with Crippen LogP contribution in [-0.4, -0.2) is 18.3 Å². The monoisotopic (exact) mass is 291 g/mol. The molecule has 2 rings (SSSR count). The van der Waals surface area contributed by atoms with Crippen LogP contribution < -0.4 is 10.2 Å². The lowest BCUT2D eigenvalue weighted by molar-refractivity contribution is 0.165. The van der Waals surface area contributed by atoms with Gasteiger partial charge < -0.3 is 9.84 Å². The number of aliphatic hydroxyl groups excluding tert-OH is 1. The maximum absolute atomic E-state index is 10.1. The lowest BCUT2D eigenvalue weighted by Gasteiger charge is -2.22. The Morgan fingerprint density at radius 3 is 2.90 bits per heavy atom. The molecule has 1 fully saturated rings. The third kappa shape index (κ3) is 5.34. The summed E-state index contributed by atoms with van der Waals surface area (Å²) in [4.78, 5) is 0. The molecule has 0 bridgehead atoms. The van der Waals surface area contributed by atoms with Crippen LogP contribution >= 0.6 is 0 Å². The Labute approximate surface area is 126 Å². The summed E-state index contributed by atoms with van der Waals surface area (Å²) < 4.78 is 5.89. The lowest BCUT2D eigenvalue weighted by atomic mass is 9.90. The summed E-state index contributed by atoms with van der Waals surface area (Å²) in [5.41, 5.74) is 10.0. The second-order valence-electron chi connectivity index (χ2n) is 5.71. The Balaban J connectivity index is 1.83. The van der Waals surface area contributed by atoms with E-state index in [1.54, 1.807) is 0 Å². The quantitative estimate of drug-likeness (QED) is 0.389. The molecule has 1 aromatic carbocycles. The second kappa shape index (κ2) is 8.62. The van der Waals surface area contributed by atoms with Crippen molar-refractivity contribution in [3.63, 3.8) is 0 Å². The number of nitrogens with zero attached hydrogens (tertiary/aromatic N) is 1. The van der Waals surface area contributed by atoms with E-state index in [4.69, 9.17) is 10.3 Å². The molecule has 5 heteroatoms. The summed E-state index contributed by atoms with van der Waals surface area (Å²) in [6, 6.07) is 7.66. The number of nitrogens with one attached hydrogen (secondary N) is 2. The van der Waals surface area contributed by atoms with Crippen molar-refractivity contribution in [2.75, 3.05) is 13.2 Å². The van der Waals surface area contributed by atoms with Crippen molar-refractivity contribution in [2.24, 2.45) is 11.1 Å². The van der Waals surface area contributed by atoms with Crippen molar-refractivity contribution >= 4 is 0 Å². The van der Waals surface area contributed by atoms with Gasteiger partial charge in [-0.05, 0) is 42.9 Å². The molecule has 1 aromatic rings. The molecule has 0 amide bonds. The van der Waals surface area contributed by atoms with Gasteiger partial charge in [0.2, 0.25) is 0 Å². The fourth-order valence-corrected chi connectivity index (χ4v) is 2.80. The van der Waals surface area contributed by atoms with Crippen LogP contribution in [0.3, 0.4) is 0 Å². The molecule has 1 aliphatic carbocycles. The van der Waals surface area contributed by atoms with Gasteiger partial charge in [0.1, 0.15) is 5.75 Å². The molecule has 21 heavy (non-hydrogen) atoms. The summed E-state index contributed by atoms with van der Waals surface area (Å²) >= 11 is 0. The van der Waals surface area contributed by atoms with Gasteiger partial charge in [0, 0.05) is 6.54 Å². The number of aliphatic hydroxyl groups is 1. The first-order valence-corrected chi connectivity index (χ1v) is 7.79. The predicted molar refractivity (Wildman–Crippen MR) is 81.2 cm³/mol. The highest BCUT2D eigenvalue weighted by Crippen LogP contribution is 2.26. The predicted octanol–water partition coefficient (Wildman–Crippen LogP) is 3.60. The minimum atomic E-state index is -0.558. The van der Waals surface area contributed by atoms with Gasteiger partial charge in [-0.1, -0.05) is 36.6 Å². The zero-order valence-electron chi connectivity index (χ0n) is 12.4. The Bertz CT molecular complexity index is 433. The Morgan fingerprint density at radius 1 is 1.33 bits per heavy atom. The van der Waals surface area contributed by atoms with Gasteiger partial charge >= 0.3 is 0 Å². The molecule has 0 spiro atoms. The van der Waals surface area contributed by atoms with Crippen LogP contribution in [0.1, 0.15) is 50.2 Å². The van der Waals surface area contributed by atoms with Gasteiger partial charge in [-0.3, -0.25) is 5.43 Å². The fraction of sp³-hybridized carbons (Fsp3) is 0.625. The largest absolute Gasteiger partial charge is 0.493 e. The highest BCUT2D eigenvalue weighted by atomic mass is 16.5. The van der Waals surface area contributed by atoms with Crippen molar-refractivity contribution in [1.82, 2.24) is 5.43 Å². The van der Waals surface area contributed by atoms with E-state index >= 15 is 0 Å². The number of ether oxygens (including phenoxy) is 1. The van der Waals surface area contributed by atoms with Crippen LogP contribution in [0.15, 0.2) is 29.5 Å². The summed E-state index contributed by atoms with van der Waals surface area (Å²) in [7, 11) is 0. The first-order chi connectivity index (χ1) is 10.3. The summed E-state index contributed by atoms with van der Waals surface area (Å²) in [5, 5.41) is 13.2. The third-order valence-electron chi connectivity index (χ3n) is 4.06. The second-order valence-corrected chi connectivity index (χ2v) is 5.71. The van der Waals surface area contributed by atoms with Crippen LogP contribution in [0.2, 0.25) is 0 Å². The van der Waals surface area contributed by atoms with Crippen LogP contribution in [0, 0.1) is 11.4 Å². The van der Waals surface area contributed by atoms with Gasteiger partial charge in [-0.15, -0.1) is 0 Å². The average molecular weight is 291 g/mol. The van der Waals surface area contributed by atoms with Crippen molar-refractivity contribution in [1.29, 1.82) is 5.53 Å². The Kier molecular flexibility index (Phi) is 6.47. The van der Waals surface area contributed by atoms with Gasteiger partial charge in [0.05, 0.1) is 12.7 Å². The lowest BCUT2D eigenvalue weighted by Crippen LogP contribution is -2.15. The van der Waals surface area contributed by atoms with Crippen molar-refractivity contribution in [3.8, 4) is 5.75 Å². The average Bonchev–Trinajstić information content (AvgIpc) is 2.54. The van der Waals surface area contributed by atoms with Crippen LogP contribution in [0.5, 0.6) is 5.75 Å². The molecular formula is C16H25N3O2. The molecule has 1 aliphatic rings. The molecule has 0 radical (unpaired) electrons. The summed E-state index contributed by atoms with van der Waals surface area (Å²) in [5.74, 6) is 1.51. The van der Waals surface area contributed by atoms with E-state index in [0.717, 1.165) is 17.9 Å². The molecule has 116 valence electrons. The summed E-state index contributed by atoms with van der Waals surface area (Å²) in [6.45, 7) is 1.26. The zero-order chi connectivity index (χ0) is 14.9. The highest BCUT2D eigenvalue weighted by molar-refractivity contribution is 5.29. The molecule has 0 aromatic heterocycles. The van der Waals surface area contributed by atoms with Crippen molar-refractivity contribution in [2.45, 2.75) is 44.6 Å². The van der Waals surface area contributed by atoms with Gasteiger partial charge in [0.15, 0.2) is 0 Å².